The molecule has 0 aromatic rings. The van der Waals surface area contributed by atoms with Crippen LogP contribution in [-0.2, 0) is 13.8 Å². The summed E-state index contributed by atoms with van der Waals surface area (Å²) in [4.78, 5) is 16.0. The molecule has 0 aromatic carbocycles. The maximum Gasteiger partial charge on any atom is 0.232 e. The lowest BCUT2D eigenvalue weighted by atomic mass is 10.1. The Balaban J connectivity index is 1.76. The number of likely N-dealkylation sites (tertiary alicyclic amines) is 2. The minimum Gasteiger partial charge on any atom is -0.341 e. The van der Waals surface area contributed by atoms with Crippen molar-refractivity contribution < 1.29 is 13.2 Å². The molecule has 2 rings (SSSR count). The quantitative estimate of drug-likeness (QED) is 0.708. The summed E-state index contributed by atoms with van der Waals surface area (Å²) >= 11 is 0. The van der Waals surface area contributed by atoms with E-state index in [1.54, 1.807) is 4.90 Å². The lowest BCUT2D eigenvalue weighted by Gasteiger charge is -2.28. The van der Waals surface area contributed by atoms with Gasteiger partial charge in [0.25, 0.3) is 0 Å². The lowest BCUT2D eigenvalue weighted by molar-refractivity contribution is -0.127. The highest BCUT2D eigenvalue weighted by molar-refractivity contribution is 8.13. The van der Waals surface area contributed by atoms with Gasteiger partial charge in [0.05, 0.1) is 5.75 Å². The number of hydrogen-bond donors (Lipinski definition) is 0. The molecule has 1 amide bonds. The first-order chi connectivity index (χ1) is 8.94. The van der Waals surface area contributed by atoms with E-state index in [1.807, 2.05) is 0 Å². The smallest absolute Gasteiger partial charge is 0.232 e. The Morgan fingerprint density at radius 3 is 2.47 bits per heavy atom. The molecule has 0 spiro atoms. The minimum atomic E-state index is -3.51. The molecule has 2 aliphatic rings. The van der Waals surface area contributed by atoms with Crippen molar-refractivity contribution in [3.8, 4) is 0 Å². The molecular formula is C12H21ClN2O3S. The van der Waals surface area contributed by atoms with E-state index in [4.69, 9.17) is 10.7 Å². The minimum absolute atomic E-state index is 0.0577. The summed E-state index contributed by atoms with van der Waals surface area (Å²) in [5.41, 5.74) is 0. The van der Waals surface area contributed by atoms with Crippen LogP contribution in [0, 0.1) is 5.92 Å². The molecule has 2 heterocycles. The van der Waals surface area contributed by atoms with E-state index in [0.717, 1.165) is 19.6 Å². The summed E-state index contributed by atoms with van der Waals surface area (Å²) in [6.07, 6.45) is 4.09. The lowest BCUT2D eigenvalue weighted by Crippen LogP contribution is -2.38. The Kier molecular flexibility index (Phi) is 5.09. The van der Waals surface area contributed by atoms with Crippen LogP contribution in [0.1, 0.15) is 25.7 Å². The number of halogens is 1. The second kappa shape index (κ2) is 6.41. The van der Waals surface area contributed by atoms with Crippen molar-refractivity contribution in [2.24, 2.45) is 5.92 Å². The van der Waals surface area contributed by atoms with E-state index in [-0.39, 0.29) is 17.6 Å². The molecule has 2 saturated heterocycles. The molecule has 2 aliphatic heterocycles. The summed E-state index contributed by atoms with van der Waals surface area (Å²) in [7, 11) is 1.73. The van der Waals surface area contributed by atoms with Gasteiger partial charge in [-0.15, -0.1) is 0 Å². The van der Waals surface area contributed by atoms with Crippen LogP contribution in [0.15, 0.2) is 0 Å². The Morgan fingerprint density at radius 1 is 1.16 bits per heavy atom. The van der Waals surface area contributed by atoms with Crippen LogP contribution in [0.25, 0.3) is 0 Å². The first kappa shape index (κ1) is 15.1. The molecule has 0 N–H and O–H groups in total. The van der Waals surface area contributed by atoms with Crippen LogP contribution < -0.4 is 0 Å². The monoisotopic (exact) mass is 308 g/mol. The fourth-order valence-electron chi connectivity index (χ4n) is 2.91. The number of carbonyl (C=O) groups excluding carboxylic acids is 1. The van der Waals surface area contributed by atoms with E-state index in [1.165, 1.54) is 19.3 Å². The van der Waals surface area contributed by atoms with Gasteiger partial charge < -0.3 is 9.80 Å². The molecule has 1 unspecified atom stereocenters. The molecule has 0 aliphatic carbocycles. The predicted molar refractivity (Wildman–Crippen MR) is 74.6 cm³/mol. The van der Waals surface area contributed by atoms with Crippen LogP contribution >= 0.6 is 10.7 Å². The van der Waals surface area contributed by atoms with Crippen molar-refractivity contribution in [3.05, 3.63) is 0 Å². The Bertz CT molecular complexity index is 421. The van der Waals surface area contributed by atoms with Crippen LogP contribution in [0.3, 0.4) is 0 Å². The van der Waals surface area contributed by atoms with Crippen LogP contribution in [0.4, 0.5) is 0 Å². The number of nitrogens with zero attached hydrogens (tertiary/aromatic N) is 2. The standard InChI is InChI=1S/C12H21ClN2O3S/c13-19(17,18)10-11-8-12(16)15(9-11)7-6-14-4-2-1-3-5-14/h11H,1-10H2. The van der Waals surface area contributed by atoms with Crippen molar-refractivity contribution in [2.45, 2.75) is 25.7 Å². The molecule has 7 heteroatoms. The van der Waals surface area contributed by atoms with Crippen molar-refractivity contribution in [1.29, 1.82) is 0 Å². The number of amides is 1. The third-order valence-electron chi connectivity index (χ3n) is 3.86. The summed E-state index contributed by atoms with van der Waals surface area (Å²) in [6, 6.07) is 0. The third-order valence-corrected chi connectivity index (χ3v) is 5.11. The normalized spacial score (nSPS) is 26.1. The zero-order valence-electron chi connectivity index (χ0n) is 11.1. The zero-order valence-corrected chi connectivity index (χ0v) is 12.6. The largest absolute Gasteiger partial charge is 0.341 e. The SMILES string of the molecule is O=C1CC(CS(=O)(=O)Cl)CN1CCN1CCCCC1. The van der Waals surface area contributed by atoms with Gasteiger partial charge in [-0.05, 0) is 25.9 Å². The van der Waals surface area contributed by atoms with Gasteiger partial charge in [-0.1, -0.05) is 6.42 Å². The first-order valence-electron chi connectivity index (χ1n) is 6.86. The van der Waals surface area contributed by atoms with Crippen molar-refractivity contribution in [1.82, 2.24) is 9.80 Å². The molecular weight excluding hydrogens is 288 g/mol. The van der Waals surface area contributed by atoms with Gasteiger partial charge in [-0.2, -0.15) is 0 Å². The number of rotatable bonds is 5. The van der Waals surface area contributed by atoms with Gasteiger partial charge in [0.15, 0.2) is 0 Å². The van der Waals surface area contributed by atoms with Gasteiger partial charge in [-0.25, -0.2) is 8.42 Å². The number of carbonyl (C=O) groups is 1. The van der Waals surface area contributed by atoms with Gasteiger partial charge in [0, 0.05) is 42.7 Å². The maximum atomic E-state index is 11.8. The molecule has 5 nitrogen and oxygen atoms in total. The third kappa shape index (κ3) is 4.93. The van der Waals surface area contributed by atoms with E-state index >= 15 is 0 Å². The van der Waals surface area contributed by atoms with E-state index < -0.39 is 9.05 Å². The summed E-state index contributed by atoms with van der Waals surface area (Å²) in [5, 5.41) is 0. The zero-order chi connectivity index (χ0) is 13.9. The van der Waals surface area contributed by atoms with Gasteiger partial charge in [0.2, 0.25) is 15.0 Å². The fourth-order valence-corrected chi connectivity index (χ4v) is 4.23. The van der Waals surface area contributed by atoms with E-state index in [0.29, 0.717) is 19.5 Å². The van der Waals surface area contributed by atoms with Crippen LogP contribution in [0.2, 0.25) is 0 Å². The molecule has 0 aromatic heterocycles. The molecule has 1 atom stereocenters. The average Bonchev–Trinajstić information content (AvgIpc) is 2.66. The highest BCUT2D eigenvalue weighted by atomic mass is 35.7. The number of hydrogen-bond acceptors (Lipinski definition) is 4. The number of piperidine rings is 1. The molecule has 0 saturated carbocycles. The second-order valence-electron chi connectivity index (χ2n) is 5.52. The molecule has 2 fully saturated rings. The summed E-state index contributed by atoms with van der Waals surface area (Å²) < 4.78 is 22.1. The molecule has 19 heavy (non-hydrogen) atoms. The van der Waals surface area contributed by atoms with Crippen molar-refractivity contribution >= 4 is 25.6 Å². The Morgan fingerprint density at radius 2 is 1.84 bits per heavy atom. The van der Waals surface area contributed by atoms with Crippen LogP contribution in [0.5, 0.6) is 0 Å². The van der Waals surface area contributed by atoms with Gasteiger partial charge in [0.1, 0.15) is 0 Å². The first-order valence-corrected chi connectivity index (χ1v) is 9.34. The molecule has 0 radical (unpaired) electrons. The predicted octanol–water partition coefficient (Wildman–Crippen LogP) is 0.889. The summed E-state index contributed by atoms with van der Waals surface area (Å²) in [6.45, 7) is 4.35. The van der Waals surface area contributed by atoms with Crippen molar-refractivity contribution in [2.75, 3.05) is 38.5 Å². The average molecular weight is 309 g/mol. The highest BCUT2D eigenvalue weighted by Gasteiger charge is 2.32. The van der Waals surface area contributed by atoms with Gasteiger partial charge >= 0.3 is 0 Å². The van der Waals surface area contributed by atoms with E-state index in [2.05, 4.69) is 4.90 Å². The molecule has 0 bridgehead atoms. The topological polar surface area (TPSA) is 57.7 Å². The Hall–Kier alpha value is -0.330. The summed E-state index contributed by atoms with van der Waals surface area (Å²) in [5.74, 6) is -0.181. The van der Waals surface area contributed by atoms with Gasteiger partial charge in [-0.3, -0.25) is 4.79 Å². The molecule has 110 valence electrons. The highest BCUT2D eigenvalue weighted by Crippen LogP contribution is 2.21. The Labute approximate surface area is 119 Å². The fraction of sp³-hybridized carbons (Fsp3) is 0.917. The second-order valence-corrected chi connectivity index (χ2v) is 8.34. The van der Waals surface area contributed by atoms with E-state index in [9.17, 15) is 13.2 Å². The van der Waals surface area contributed by atoms with Crippen molar-refractivity contribution in [3.63, 3.8) is 0 Å². The van der Waals surface area contributed by atoms with Crippen LogP contribution in [-0.4, -0.2) is 62.6 Å². The maximum absolute atomic E-state index is 11.8.